The first-order valence-corrected chi connectivity index (χ1v) is 5.56. The lowest BCUT2D eigenvalue weighted by atomic mass is 10.1. The highest BCUT2D eigenvalue weighted by Gasteiger charge is 2.31. The van der Waals surface area contributed by atoms with Crippen molar-refractivity contribution in [3.63, 3.8) is 0 Å². The summed E-state index contributed by atoms with van der Waals surface area (Å²) in [5.41, 5.74) is 0.639. The molecule has 1 rings (SSSR count). The van der Waals surface area contributed by atoms with E-state index < -0.39 is 6.05 Å². The van der Waals surface area contributed by atoms with Gasteiger partial charge in [0.25, 0.3) is 0 Å². The predicted molar refractivity (Wildman–Crippen MR) is 60.2 cm³/mol. The van der Waals surface area contributed by atoms with Crippen LogP contribution in [0.15, 0.2) is 27.7 Å². The van der Waals surface area contributed by atoms with E-state index in [1.165, 1.54) is 12.1 Å². The number of isocyanates is 1. The molecule has 5 heteroatoms. The van der Waals surface area contributed by atoms with Crippen molar-refractivity contribution >= 4 is 22.0 Å². The molecule has 0 radical (unpaired) electrons. The Morgan fingerprint density at radius 1 is 1.50 bits per heavy atom. The largest absolute Gasteiger partial charge is 0.379 e. The van der Waals surface area contributed by atoms with Crippen molar-refractivity contribution in [3.05, 3.63) is 33.8 Å². The highest BCUT2D eigenvalue weighted by atomic mass is 79.9. The van der Waals surface area contributed by atoms with E-state index in [0.29, 0.717) is 4.47 Å². The fraction of sp³-hybridized carbons (Fsp3) is 0.364. The minimum absolute atomic E-state index is 0.317. The molecule has 0 unspecified atom stereocenters. The molecule has 0 amide bonds. The summed E-state index contributed by atoms with van der Waals surface area (Å²) in [5.74, 6) is 0. The molecular weight excluding hydrogens is 280 g/mol. The number of nitrogens with zero attached hydrogens (tertiary/aromatic N) is 1. The van der Waals surface area contributed by atoms with Gasteiger partial charge < -0.3 is 0 Å². The number of hydrogen-bond donors (Lipinski definition) is 0. The van der Waals surface area contributed by atoms with Crippen LogP contribution in [0.25, 0.3) is 0 Å². The molecule has 0 spiro atoms. The first-order valence-electron chi connectivity index (χ1n) is 4.77. The summed E-state index contributed by atoms with van der Waals surface area (Å²) >= 11 is 3.22. The van der Waals surface area contributed by atoms with E-state index in [9.17, 15) is 13.6 Å². The molecule has 0 fully saturated rings. The highest BCUT2D eigenvalue weighted by molar-refractivity contribution is 9.10. The molecular formula is C11H10BrF2NO. The van der Waals surface area contributed by atoms with Crippen LogP contribution in [-0.4, -0.2) is 6.08 Å². The van der Waals surface area contributed by atoms with E-state index in [0.717, 1.165) is 24.5 Å². The number of aryl methyl sites for hydroxylation is 1. The molecule has 0 N–H and O–H groups in total. The lowest BCUT2D eigenvalue weighted by Crippen LogP contribution is -2.09. The van der Waals surface area contributed by atoms with Crippen LogP contribution in [0.4, 0.5) is 8.78 Å². The van der Waals surface area contributed by atoms with E-state index >= 15 is 0 Å². The topological polar surface area (TPSA) is 29.4 Å². The van der Waals surface area contributed by atoms with Crippen LogP contribution in [0.2, 0.25) is 0 Å². The summed E-state index contributed by atoms with van der Waals surface area (Å²) < 4.78 is 27.0. The number of carbonyl (C=O) groups excluding carboxylic acids is 1. The molecule has 86 valence electrons. The van der Waals surface area contributed by atoms with E-state index in [1.807, 2.05) is 6.92 Å². The number of aliphatic imine (C=N–C) groups is 1. The van der Waals surface area contributed by atoms with Crippen LogP contribution in [0, 0.1) is 0 Å². The third kappa shape index (κ3) is 2.97. The van der Waals surface area contributed by atoms with Gasteiger partial charge in [0.05, 0.1) is 0 Å². The molecule has 0 heterocycles. The number of rotatable bonds is 4. The van der Waals surface area contributed by atoms with Crippen LogP contribution in [0.5, 0.6) is 0 Å². The minimum atomic E-state index is -3.50. The Morgan fingerprint density at radius 2 is 2.19 bits per heavy atom. The van der Waals surface area contributed by atoms with Gasteiger partial charge in [-0.15, -0.1) is 4.99 Å². The standard InChI is InChI=1S/C11H10BrF2NO/c1-2-3-8-4-5-9(6-10(8)12)11(13,14)15-7-16/h4-6H,2-3H2,1H3. The second-order valence-electron chi connectivity index (χ2n) is 3.30. The molecule has 0 aliphatic rings. The Morgan fingerprint density at radius 3 is 2.69 bits per heavy atom. The third-order valence-electron chi connectivity index (χ3n) is 2.11. The Kier molecular flexibility index (Phi) is 4.33. The smallest absolute Gasteiger partial charge is 0.211 e. The number of alkyl halides is 2. The first-order chi connectivity index (χ1) is 7.51. The van der Waals surface area contributed by atoms with Gasteiger partial charge in [-0.25, -0.2) is 4.79 Å². The fourth-order valence-electron chi connectivity index (χ4n) is 1.33. The van der Waals surface area contributed by atoms with Gasteiger partial charge in [-0.1, -0.05) is 41.4 Å². The van der Waals surface area contributed by atoms with Crippen molar-refractivity contribution in [2.75, 3.05) is 0 Å². The maximum absolute atomic E-state index is 13.2. The van der Waals surface area contributed by atoms with Crippen molar-refractivity contribution in [1.29, 1.82) is 0 Å². The zero-order valence-electron chi connectivity index (χ0n) is 8.64. The quantitative estimate of drug-likeness (QED) is 0.471. The Hall–Kier alpha value is -1.06. The molecule has 1 aromatic rings. The van der Waals surface area contributed by atoms with Crippen molar-refractivity contribution in [3.8, 4) is 0 Å². The molecule has 0 aliphatic heterocycles. The van der Waals surface area contributed by atoms with Gasteiger partial charge in [-0.05, 0) is 18.1 Å². The van der Waals surface area contributed by atoms with E-state index in [4.69, 9.17) is 0 Å². The Balaban J connectivity index is 3.10. The predicted octanol–water partition coefficient (Wildman–Crippen LogP) is 3.79. The molecule has 16 heavy (non-hydrogen) atoms. The van der Waals surface area contributed by atoms with Gasteiger partial charge in [0, 0.05) is 10.0 Å². The van der Waals surface area contributed by atoms with E-state index in [-0.39, 0.29) is 5.56 Å². The van der Waals surface area contributed by atoms with Crippen LogP contribution in [-0.2, 0) is 17.3 Å². The minimum Gasteiger partial charge on any atom is -0.211 e. The second-order valence-corrected chi connectivity index (χ2v) is 4.15. The summed E-state index contributed by atoms with van der Waals surface area (Å²) in [6, 6.07) is 0.661. The van der Waals surface area contributed by atoms with Crippen molar-refractivity contribution < 1.29 is 13.6 Å². The lowest BCUT2D eigenvalue weighted by molar-refractivity contribution is 0.00610. The highest BCUT2D eigenvalue weighted by Crippen LogP contribution is 2.32. The zero-order valence-corrected chi connectivity index (χ0v) is 10.2. The maximum Gasteiger partial charge on any atom is 0.379 e. The maximum atomic E-state index is 13.2. The van der Waals surface area contributed by atoms with Crippen molar-refractivity contribution in [2.24, 2.45) is 4.99 Å². The zero-order chi connectivity index (χ0) is 12.2. The molecule has 0 aliphatic carbocycles. The van der Waals surface area contributed by atoms with Gasteiger partial charge in [0.2, 0.25) is 6.08 Å². The summed E-state index contributed by atoms with van der Waals surface area (Å²) in [7, 11) is 0. The van der Waals surface area contributed by atoms with Crippen LogP contribution in [0.3, 0.4) is 0 Å². The second kappa shape index (κ2) is 5.32. The van der Waals surface area contributed by atoms with E-state index in [2.05, 4.69) is 20.9 Å². The molecule has 0 aromatic heterocycles. The average Bonchev–Trinajstić information content (AvgIpc) is 2.21. The number of hydrogen-bond acceptors (Lipinski definition) is 2. The van der Waals surface area contributed by atoms with Crippen molar-refractivity contribution in [1.82, 2.24) is 0 Å². The Labute approximate surface area is 101 Å². The van der Waals surface area contributed by atoms with E-state index in [1.54, 1.807) is 6.07 Å². The molecule has 0 atom stereocenters. The van der Waals surface area contributed by atoms with Crippen LogP contribution < -0.4 is 0 Å². The fourth-order valence-corrected chi connectivity index (χ4v) is 1.91. The summed E-state index contributed by atoms with van der Waals surface area (Å²) in [5, 5.41) is 0. The lowest BCUT2D eigenvalue weighted by Gasteiger charge is -2.11. The summed E-state index contributed by atoms with van der Waals surface area (Å²) in [4.78, 5) is 12.3. The van der Waals surface area contributed by atoms with Gasteiger partial charge in [0.1, 0.15) is 0 Å². The monoisotopic (exact) mass is 289 g/mol. The summed E-state index contributed by atoms with van der Waals surface area (Å²) in [6.45, 7) is 2.01. The SMILES string of the molecule is CCCc1ccc(C(F)(F)N=C=O)cc1Br. The molecule has 0 saturated heterocycles. The Bertz CT molecular complexity index is 428. The number of benzene rings is 1. The van der Waals surface area contributed by atoms with Gasteiger partial charge >= 0.3 is 6.05 Å². The molecule has 0 saturated carbocycles. The molecule has 2 nitrogen and oxygen atoms in total. The van der Waals surface area contributed by atoms with Crippen LogP contribution in [0.1, 0.15) is 24.5 Å². The van der Waals surface area contributed by atoms with Gasteiger partial charge in [0.15, 0.2) is 0 Å². The third-order valence-corrected chi connectivity index (χ3v) is 2.84. The van der Waals surface area contributed by atoms with Gasteiger partial charge in [-0.2, -0.15) is 8.78 Å². The van der Waals surface area contributed by atoms with Crippen molar-refractivity contribution in [2.45, 2.75) is 25.8 Å². The summed E-state index contributed by atoms with van der Waals surface area (Å²) in [6.07, 6.45) is 2.62. The van der Waals surface area contributed by atoms with Crippen LogP contribution >= 0.6 is 15.9 Å². The normalized spacial score (nSPS) is 11.0. The molecule has 1 aromatic carbocycles. The first kappa shape index (κ1) is 13.0. The number of halogens is 3. The average molecular weight is 290 g/mol. The molecule has 0 bridgehead atoms. The van der Waals surface area contributed by atoms with Gasteiger partial charge in [-0.3, -0.25) is 0 Å².